The summed E-state index contributed by atoms with van der Waals surface area (Å²) < 4.78 is 3.57. The summed E-state index contributed by atoms with van der Waals surface area (Å²) in [4.78, 5) is 62.7. The number of nitrogens with one attached hydrogen (secondary N) is 1. The first-order chi connectivity index (χ1) is 13.4. The Morgan fingerprint density at radius 1 is 1.03 bits per heavy atom. The molecule has 0 radical (unpaired) electrons. The van der Waals surface area contributed by atoms with Gasteiger partial charge in [-0.25, -0.2) is 4.79 Å². The van der Waals surface area contributed by atoms with Gasteiger partial charge in [-0.3, -0.25) is 19.2 Å². The molecule has 0 spiro atoms. The maximum Gasteiger partial charge on any atom is 0.375 e. The van der Waals surface area contributed by atoms with E-state index in [2.05, 4.69) is 10.1 Å². The number of carbonyl (C=O) groups is 5. The van der Waals surface area contributed by atoms with Crippen LogP contribution in [0.3, 0.4) is 0 Å². The Labute approximate surface area is 177 Å². The van der Waals surface area contributed by atoms with Gasteiger partial charge in [-0.05, 0) is 41.0 Å². The van der Waals surface area contributed by atoms with Crippen LogP contribution in [0.5, 0.6) is 0 Å². The van der Waals surface area contributed by atoms with Gasteiger partial charge in [-0.15, -0.1) is 0 Å². The molecule has 166 valence electrons. The molecule has 0 aromatic rings. The van der Waals surface area contributed by atoms with Crippen LogP contribution < -0.4 is 5.32 Å². The van der Waals surface area contributed by atoms with Crippen LogP contribution in [-0.2, 0) is 28.7 Å². The second-order valence-electron chi connectivity index (χ2n) is 7.16. The van der Waals surface area contributed by atoms with E-state index in [1.807, 2.05) is 20.8 Å². The number of amides is 2. The third-order valence-corrected chi connectivity index (χ3v) is 5.68. The average molecular weight is 431 g/mol. The van der Waals surface area contributed by atoms with Gasteiger partial charge in [0.1, 0.15) is 6.04 Å². The molecule has 2 atom stereocenters. The Bertz CT molecular complexity index is 616. The molecular formula is C20H34N2O6S. The van der Waals surface area contributed by atoms with Gasteiger partial charge in [-0.2, -0.15) is 0 Å². The zero-order valence-corrected chi connectivity index (χ0v) is 19.3. The molecule has 0 aliphatic heterocycles. The van der Waals surface area contributed by atoms with Crippen LogP contribution in [0.25, 0.3) is 0 Å². The number of esters is 1. The number of Topliss-reactive ketones (excluding diaryl/α,β-unsaturated/α-hetero) is 1. The Hall–Kier alpha value is -1.90. The maximum atomic E-state index is 13.0. The van der Waals surface area contributed by atoms with Gasteiger partial charge in [0.15, 0.2) is 5.12 Å². The molecule has 8 nitrogen and oxygen atoms in total. The first-order valence-electron chi connectivity index (χ1n) is 9.95. The summed E-state index contributed by atoms with van der Waals surface area (Å²) in [5.74, 6) is -2.85. The van der Waals surface area contributed by atoms with Crippen LogP contribution >= 0.6 is 11.8 Å². The van der Waals surface area contributed by atoms with Crippen molar-refractivity contribution in [3.8, 4) is 0 Å². The molecule has 29 heavy (non-hydrogen) atoms. The number of carbonyl (C=O) groups excluding carboxylic acids is 5. The number of ether oxygens (including phenoxy) is 1. The van der Waals surface area contributed by atoms with Crippen molar-refractivity contribution >= 4 is 40.4 Å². The number of hydrogen-bond donors (Lipinski definition) is 1. The third-order valence-electron chi connectivity index (χ3n) is 4.55. The van der Waals surface area contributed by atoms with Crippen LogP contribution in [0.1, 0.15) is 61.3 Å². The second-order valence-corrected chi connectivity index (χ2v) is 8.87. The minimum atomic E-state index is -1.06. The fourth-order valence-corrected chi connectivity index (χ4v) is 3.59. The molecule has 0 saturated carbocycles. The van der Waals surface area contributed by atoms with E-state index < -0.39 is 34.1 Å². The monoisotopic (exact) mass is 430 g/mol. The average Bonchev–Trinajstić information content (AvgIpc) is 2.65. The van der Waals surface area contributed by atoms with Gasteiger partial charge >= 0.3 is 5.97 Å². The van der Waals surface area contributed by atoms with E-state index in [1.54, 1.807) is 32.6 Å². The van der Waals surface area contributed by atoms with Gasteiger partial charge in [0.2, 0.25) is 17.6 Å². The topological polar surface area (TPSA) is 110 Å². The zero-order chi connectivity index (χ0) is 22.8. The summed E-state index contributed by atoms with van der Waals surface area (Å²) in [5.41, 5.74) is 0. The summed E-state index contributed by atoms with van der Waals surface area (Å²) in [5, 5.41) is 2.21. The van der Waals surface area contributed by atoms with Crippen molar-refractivity contribution in [1.29, 1.82) is 0 Å². The van der Waals surface area contributed by atoms with Crippen molar-refractivity contribution < 1.29 is 28.7 Å². The van der Waals surface area contributed by atoms with Crippen LogP contribution in [0.2, 0.25) is 0 Å². The highest BCUT2D eigenvalue weighted by atomic mass is 32.2. The van der Waals surface area contributed by atoms with Crippen LogP contribution in [-0.4, -0.2) is 64.1 Å². The molecule has 0 aromatic heterocycles. The molecule has 0 aliphatic carbocycles. The van der Waals surface area contributed by atoms with Crippen molar-refractivity contribution in [2.24, 2.45) is 5.92 Å². The number of ketones is 1. The van der Waals surface area contributed by atoms with E-state index >= 15 is 0 Å². The van der Waals surface area contributed by atoms with Gasteiger partial charge < -0.3 is 15.0 Å². The summed E-state index contributed by atoms with van der Waals surface area (Å²) >= 11 is 0.772. The SMILES string of the molecule is CCOC(=O)C(=O)CC(=O)SC(C)(C)C(NC(=O)C(C)CC)C(=O)N(CC)CC. The number of nitrogens with zero attached hydrogens (tertiary/aromatic N) is 1. The largest absolute Gasteiger partial charge is 0.460 e. The normalized spacial score (nSPS) is 13.2. The molecule has 0 aliphatic rings. The first-order valence-corrected chi connectivity index (χ1v) is 10.8. The Balaban J connectivity index is 5.51. The van der Waals surface area contributed by atoms with Gasteiger partial charge in [-0.1, -0.05) is 25.6 Å². The van der Waals surface area contributed by atoms with Crippen molar-refractivity contribution in [3.63, 3.8) is 0 Å². The molecule has 2 amide bonds. The molecule has 0 rings (SSSR count). The van der Waals surface area contributed by atoms with E-state index in [4.69, 9.17) is 0 Å². The van der Waals surface area contributed by atoms with Crippen molar-refractivity contribution in [2.45, 2.75) is 72.1 Å². The standard InChI is InChI=1S/C20H34N2O6S/c1-8-13(5)17(25)21-16(18(26)22(9-2)10-3)20(6,7)29-15(24)12-14(23)19(27)28-11-4/h13,16H,8-12H2,1-7H3,(H,21,25). The summed E-state index contributed by atoms with van der Waals surface area (Å²) in [6, 6.07) is -0.962. The van der Waals surface area contributed by atoms with Crippen molar-refractivity contribution in [3.05, 3.63) is 0 Å². The fraction of sp³-hybridized carbons (Fsp3) is 0.750. The van der Waals surface area contributed by atoms with E-state index in [9.17, 15) is 24.0 Å². The third kappa shape index (κ3) is 8.55. The van der Waals surface area contributed by atoms with Crippen molar-refractivity contribution in [1.82, 2.24) is 10.2 Å². The van der Waals surface area contributed by atoms with Crippen LogP contribution in [0.4, 0.5) is 0 Å². The van der Waals surface area contributed by atoms with Gasteiger partial charge in [0, 0.05) is 23.8 Å². The van der Waals surface area contributed by atoms with E-state index in [-0.39, 0.29) is 24.3 Å². The lowest BCUT2D eigenvalue weighted by Crippen LogP contribution is -2.58. The second kappa shape index (κ2) is 12.6. The van der Waals surface area contributed by atoms with Crippen LogP contribution in [0, 0.1) is 5.92 Å². The minimum Gasteiger partial charge on any atom is -0.460 e. The Kier molecular flexibility index (Phi) is 11.8. The zero-order valence-electron chi connectivity index (χ0n) is 18.5. The first kappa shape index (κ1) is 27.1. The van der Waals surface area contributed by atoms with E-state index in [0.717, 1.165) is 11.8 Å². The molecule has 0 heterocycles. The Morgan fingerprint density at radius 3 is 2.03 bits per heavy atom. The molecule has 9 heteroatoms. The summed E-state index contributed by atoms with van der Waals surface area (Å²) in [7, 11) is 0. The Morgan fingerprint density at radius 2 is 1.59 bits per heavy atom. The van der Waals surface area contributed by atoms with Gasteiger partial charge in [0.25, 0.3) is 0 Å². The number of thioether (sulfide) groups is 1. The highest BCUT2D eigenvalue weighted by molar-refractivity contribution is 8.14. The number of rotatable bonds is 12. The number of hydrogen-bond acceptors (Lipinski definition) is 7. The molecule has 0 saturated heterocycles. The summed E-state index contributed by atoms with van der Waals surface area (Å²) in [6.07, 6.45) is -0.0169. The lowest BCUT2D eigenvalue weighted by molar-refractivity contribution is -0.154. The minimum absolute atomic E-state index is 0.0412. The van der Waals surface area contributed by atoms with Crippen LogP contribution in [0.15, 0.2) is 0 Å². The van der Waals surface area contributed by atoms with Gasteiger partial charge in [0.05, 0.1) is 13.0 Å². The maximum absolute atomic E-state index is 13.0. The molecule has 0 fully saturated rings. The highest BCUT2D eigenvalue weighted by Gasteiger charge is 2.41. The fourth-order valence-electron chi connectivity index (χ4n) is 2.52. The lowest BCUT2D eigenvalue weighted by Gasteiger charge is -2.36. The summed E-state index contributed by atoms with van der Waals surface area (Å²) in [6.45, 7) is 13.1. The lowest BCUT2D eigenvalue weighted by atomic mass is 9.99. The van der Waals surface area contributed by atoms with E-state index in [1.165, 1.54) is 0 Å². The molecule has 1 N–H and O–H groups in total. The number of likely N-dealkylation sites (N-methyl/N-ethyl adjacent to an activating group) is 1. The molecule has 0 bridgehead atoms. The predicted molar refractivity (Wildman–Crippen MR) is 112 cm³/mol. The molecule has 0 aromatic carbocycles. The van der Waals surface area contributed by atoms with Crippen molar-refractivity contribution in [2.75, 3.05) is 19.7 Å². The molecular weight excluding hydrogens is 396 g/mol. The molecule has 2 unspecified atom stereocenters. The highest BCUT2D eigenvalue weighted by Crippen LogP contribution is 2.31. The quantitative estimate of drug-likeness (QED) is 0.286. The van der Waals surface area contributed by atoms with E-state index in [0.29, 0.717) is 19.5 Å². The smallest absolute Gasteiger partial charge is 0.375 e. The predicted octanol–water partition coefficient (Wildman–Crippen LogP) is 1.95.